The summed E-state index contributed by atoms with van der Waals surface area (Å²) < 4.78 is 18.2. The molecule has 2 aromatic heterocycles. The molecule has 0 unspecified atom stereocenters. The van der Waals surface area contributed by atoms with Crippen LogP contribution in [0.2, 0.25) is 0 Å². The number of aromatic nitrogens is 4. The number of rotatable bonds is 4. The zero-order valence-electron chi connectivity index (χ0n) is 14.2. The summed E-state index contributed by atoms with van der Waals surface area (Å²) in [4.78, 5) is 21.7. The van der Waals surface area contributed by atoms with Crippen molar-refractivity contribution in [3.05, 3.63) is 59.6 Å². The number of carbonyl (C=O) groups is 1. The third kappa shape index (κ3) is 2.99. The lowest BCUT2D eigenvalue weighted by atomic mass is 10.0. The fourth-order valence-electron chi connectivity index (χ4n) is 3.34. The van der Waals surface area contributed by atoms with Crippen molar-refractivity contribution in [2.24, 2.45) is 0 Å². The summed E-state index contributed by atoms with van der Waals surface area (Å²) >= 11 is 0. The van der Waals surface area contributed by atoms with Crippen molar-refractivity contribution in [3.8, 4) is 11.3 Å². The lowest BCUT2D eigenvalue weighted by Gasteiger charge is -2.32. The maximum absolute atomic E-state index is 13.2. The monoisotopic (exact) mass is 355 g/mol. The molecule has 4 rings (SSSR count). The molecule has 1 aromatic carbocycles. The number of nitrogens with zero attached hydrogens (tertiary/aromatic N) is 3. The zero-order chi connectivity index (χ0) is 18.1. The predicted molar refractivity (Wildman–Crippen MR) is 91.3 cm³/mol. The van der Waals surface area contributed by atoms with Crippen molar-refractivity contribution in [1.82, 2.24) is 25.1 Å². The van der Waals surface area contributed by atoms with Crippen molar-refractivity contribution in [1.29, 1.82) is 0 Å². The largest absolute Gasteiger partial charge is 0.468 e. The van der Waals surface area contributed by atoms with Gasteiger partial charge in [0.2, 0.25) is 0 Å². The molecule has 1 atom stereocenters. The number of hydrogen-bond acceptors (Lipinski definition) is 5. The topological polar surface area (TPSA) is 86.9 Å². The summed E-state index contributed by atoms with van der Waals surface area (Å²) in [6.45, 7) is 1.06. The summed E-state index contributed by atoms with van der Waals surface area (Å²) in [7, 11) is 1.39. The molecule has 0 bridgehead atoms. The number of H-pyrrole nitrogens is 2. The second kappa shape index (κ2) is 6.72. The van der Waals surface area contributed by atoms with E-state index in [1.807, 2.05) is 4.90 Å². The number of esters is 1. The van der Waals surface area contributed by atoms with Gasteiger partial charge in [0.15, 0.2) is 0 Å². The first-order valence-corrected chi connectivity index (χ1v) is 8.27. The molecule has 1 aliphatic rings. The summed E-state index contributed by atoms with van der Waals surface area (Å²) in [5, 5.41) is 7.10. The van der Waals surface area contributed by atoms with Crippen molar-refractivity contribution in [2.75, 3.05) is 7.11 Å². The molecule has 7 nitrogen and oxygen atoms in total. The van der Waals surface area contributed by atoms with Crippen LogP contribution >= 0.6 is 0 Å². The minimum Gasteiger partial charge on any atom is -0.468 e. The highest BCUT2D eigenvalue weighted by Gasteiger charge is 2.34. The van der Waals surface area contributed by atoms with E-state index in [9.17, 15) is 9.18 Å². The molecule has 2 N–H and O–H groups in total. The minimum atomic E-state index is -0.410. The third-order valence-corrected chi connectivity index (χ3v) is 4.69. The van der Waals surface area contributed by atoms with E-state index >= 15 is 0 Å². The number of halogens is 1. The Morgan fingerprint density at radius 3 is 2.96 bits per heavy atom. The Bertz CT molecular complexity index is 918. The highest BCUT2D eigenvalue weighted by Crippen LogP contribution is 2.27. The van der Waals surface area contributed by atoms with Gasteiger partial charge in [-0.2, -0.15) is 5.10 Å². The van der Waals surface area contributed by atoms with E-state index < -0.39 is 6.04 Å². The zero-order valence-corrected chi connectivity index (χ0v) is 14.2. The average molecular weight is 355 g/mol. The van der Waals surface area contributed by atoms with Gasteiger partial charge in [0.05, 0.1) is 36.7 Å². The Balaban J connectivity index is 1.63. The van der Waals surface area contributed by atoms with Gasteiger partial charge in [-0.15, -0.1) is 0 Å². The second-order valence-electron chi connectivity index (χ2n) is 6.25. The molecule has 3 heterocycles. The molecule has 0 amide bonds. The van der Waals surface area contributed by atoms with Crippen LogP contribution in [0.3, 0.4) is 0 Å². The van der Waals surface area contributed by atoms with E-state index in [2.05, 4.69) is 20.2 Å². The highest BCUT2D eigenvalue weighted by molar-refractivity contribution is 5.76. The molecule has 1 aliphatic heterocycles. The second-order valence-corrected chi connectivity index (χ2v) is 6.25. The van der Waals surface area contributed by atoms with Gasteiger partial charge < -0.3 is 9.72 Å². The number of hydrogen-bond donors (Lipinski definition) is 2. The van der Waals surface area contributed by atoms with Gasteiger partial charge in [0, 0.05) is 30.6 Å². The van der Waals surface area contributed by atoms with Crippen LogP contribution in [0.1, 0.15) is 17.0 Å². The Morgan fingerprint density at radius 2 is 2.19 bits per heavy atom. The van der Waals surface area contributed by atoms with Crippen LogP contribution in [0.4, 0.5) is 4.39 Å². The molecule has 0 fully saturated rings. The standard InChI is InChI=1S/C18H18FN5O2/c1-26-18(25)16-6-14-15(21-10-20-14)9-24(16)8-12-7-22-23-17(12)11-2-4-13(19)5-3-11/h2-5,7,10,16H,6,8-9H2,1H3,(H,20,21)(H,22,23)/t16-/m0/s1. The van der Waals surface area contributed by atoms with Gasteiger partial charge in [-0.3, -0.25) is 14.8 Å². The van der Waals surface area contributed by atoms with E-state index in [0.29, 0.717) is 19.5 Å². The third-order valence-electron chi connectivity index (χ3n) is 4.69. The number of carbonyl (C=O) groups excluding carboxylic acids is 1. The van der Waals surface area contributed by atoms with Crippen LogP contribution in [0.5, 0.6) is 0 Å². The SMILES string of the molecule is COC(=O)[C@@H]1Cc2nc[nH]c2CN1Cc1cn[nH]c1-c1ccc(F)cc1. The van der Waals surface area contributed by atoms with Crippen LogP contribution < -0.4 is 0 Å². The fourth-order valence-corrected chi connectivity index (χ4v) is 3.34. The molecule has 134 valence electrons. The summed E-state index contributed by atoms with van der Waals surface area (Å²) in [5.74, 6) is -0.575. The normalized spacial score (nSPS) is 17.1. The number of imidazole rings is 1. The summed E-state index contributed by atoms with van der Waals surface area (Å²) in [6, 6.07) is 5.82. The van der Waals surface area contributed by atoms with Crippen LogP contribution in [0, 0.1) is 5.82 Å². The lowest BCUT2D eigenvalue weighted by molar-refractivity contribution is -0.148. The number of ether oxygens (including phenoxy) is 1. The van der Waals surface area contributed by atoms with Crippen LogP contribution in [0.25, 0.3) is 11.3 Å². The summed E-state index contributed by atoms with van der Waals surface area (Å²) in [5.41, 5.74) is 4.46. The smallest absolute Gasteiger partial charge is 0.323 e. The van der Waals surface area contributed by atoms with Crippen molar-refractivity contribution < 1.29 is 13.9 Å². The van der Waals surface area contributed by atoms with Gasteiger partial charge in [-0.1, -0.05) is 0 Å². The van der Waals surface area contributed by atoms with E-state index in [4.69, 9.17) is 4.74 Å². The Kier molecular flexibility index (Phi) is 4.26. The lowest BCUT2D eigenvalue weighted by Crippen LogP contribution is -2.45. The van der Waals surface area contributed by atoms with Gasteiger partial charge in [0.25, 0.3) is 0 Å². The molecule has 0 aliphatic carbocycles. The predicted octanol–water partition coefficient (Wildman–Crippen LogP) is 2.04. The Labute approximate surface area is 149 Å². The van der Waals surface area contributed by atoms with E-state index in [1.54, 1.807) is 24.7 Å². The Hall–Kier alpha value is -3.00. The van der Waals surface area contributed by atoms with Crippen molar-refractivity contribution in [3.63, 3.8) is 0 Å². The van der Waals surface area contributed by atoms with Crippen LogP contribution in [-0.4, -0.2) is 44.2 Å². The molecule has 26 heavy (non-hydrogen) atoms. The van der Waals surface area contributed by atoms with Crippen molar-refractivity contribution in [2.45, 2.75) is 25.6 Å². The molecular formula is C18H18FN5O2. The molecule has 0 spiro atoms. The minimum absolute atomic E-state index is 0.287. The number of fused-ring (bicyclic) bond motifs is 1. The van der Waals surface area contributed by atoms with E-state index in [0.717, 1.165) is 28.2 Å². The highest BCUT2D eigenvalue weighted by atomic mass is 19.1. The summed E-state index contributed by atoms with van der Waals surface area (Å²) in [6.07, 6.45) is 3.87. The molecule has 0 saturated carbocycles. The number of methoxy groups -OCH3 is 1. The first-order valence-electron chi connectivity index (χ1n) is 8.27. The first kappa shape index (κ1) is 16.5. The molecule has 0 radical (unpaired) electrons. The number of aromatic amines is 2. The fraction of sp³-hybridized carbons (Fsp3) is 0.278. The quantitative estimate of drug-likeness (QED) is 0.700. The molecular weight excluding hydrogens is 337 g/mol. The number of benzene rings is 1. The number of nitrogens with one attached hydrogen (secondary N) is 2. The van der Waals surface area contributed by atoms with Crippen LogP contribution in [0.15, 0.2) is 36.8 Å². The maximum Gasteiger partial charge on any atom is 0.323 e. The van der Waals surface area contributed by atoms with Crippen LogP contribution in [-0.2, 0) is 29.0 Å². The molecule has 3 aromatic rings. The van der Waals surface area contributed by atoms with Gasteiger partial charge in [-0.25, -0.2) is 9.37 Å². The Morgan fingerprint density at radius 1 is 1.38 bits per heavy atom. The maximum atomic E-state index is 13.2. The molecule has 0 saturated heterocycles. The van der Waals surface area contributed by atoms with Gasteiger partial charge in [-0.05, 0) is 24.3 Å². The van der Waals surface area contributed by atoms with Crippen molar-refractivity contribution >= 4 is 5.97 Å². The molecule has 8 heteroatoms. The van der Waals surface area contributed by atoms with E-state index in [-0.39, 0.29) is 11.8 Å². The average Bonchev–Trinajstić information content (AvgIpc) is 3.30. The van der Waals surface area contributed by atoms with E-state index in [1.165, 1.54) is 19.2 Å². The first-order chi connectivity index (χ1) is 12.7. The van der Waals surface area contributed by atoms with Gasteiger partial charge in [0.1, 0.15) is 11.9 Å². The van der Waals surface area contributed by atoms with Gasteiger partial charge >= 0.3 is 5.97 Å².